The van der Waals surface area contributed by atoms with Gasteiger partial charge in [0.05, 0.1) is 11.0 Å². The lowest BCUT2D eigenvalue weighted by Gasteiger charge is -2.24. The van der Waals surface area contributed by atoms with Crippen LogP contribution in [0.3, 0.4) is 0 Å². The number of hydrogen-bond acceptors (Lipinski definition) is 3. The molecule has 2 aromatic heterocycles. The van der Waals surface area contributed by atoms with Gasteiger partial charge in [0.25, 0.3) is 0 Å². The summed E-state index contributed by atoms with van der Waals surface area (Å²) in [6, 6.07) is 65.0. The van der Waals surface area contributed by atoms with Gasteiger partial charge in [0.15, 0.2) is 17.5 Å². The second kappa shape index (κ2) is 12.6. The quantitative estimate of drug-likeness (QED) is 0.166. The molecule has 0 N–H and O–H groups in total. The molecule has 0 unspecified atom stereocenters. The summed E-state index contributed by atoms with van der Waals surface area (Å²) in [7, 11) is -2.36. The molecule has 0 aliphatic carbocycles. The lowest BCUT2D eigenvalue weighted by atomic mass is 9.93. The number of nitrogens with zero attached hydrogens (tertiary/aromatic N) is 4. The van der Waals surface area contributed by atoms with Gasteiger partial charge >= 0.3 is 0 Å². The van der Waals surface area contributed by atoms with Crippen molar-refractivity contribution in [3.05, 3.63) is 182 Å². The minimum Gasteiger partial charge on any atom is -0.309 e. The van der Waals surface area contributed by atoms with Gasteiger partial charge in [-0.2, -0.15) is 0 Å². The first-order chi connectivity index (χ1) is 27.6. The molecule has 0 amide bonds. The molecule has 0 saturated heterocycles. The van der Waals surface area contributed by atoms with Gasteiger partial charge in [-0.3, -0.25) is 0 Å². The van der Waals surface area contributed by atoms with E-state index in [1.807, 2.05) is 36.4 Å². The van der Waals surface area contributed by atoms with E-state index in [-0.39, 0.29) is 0 Å². The van der Waals surface area contributed by atoms with Crippen LogP contribution < -0.4 is 10.4 Å². The molecular weight excluding hydrogens is 697 g/mol. The van der Waals surface area contributed by atoms with Crippen molar-refractivity contribution in [1.29, 1.82) is 0 Å². The Labute approximate surface area is 326 Å². The van der Waals surface area contributed by atoms with Gasteiger partial charge in [-0.05, 0) is 67.7 Å². The Kier molecular flexibility index (Phi) is 7.28. The van der Waals surface area contributed by atoms with Crippen LogP contribution in [0.1, 0.15) is 0 Å². The molecule has 8 aromatic carbocycles. The molecular formula is C51H36N4Si. The first kappa shape index (κ1) is 32.5. The van der Waals surface area contributed by atoms with E-state index >= 15 is 0 Å². The second-order valence-corrected chi connectivity index (χ2v) is 19.4. The molecule has 0 atom stereocenters. The van der Waals surface area contributed by atoms with Gasteiger partial charge in [-0.15, -0.1) is 0 Å². The first-order valence-corrected chi connectivity index (χ1v) is 22.2. The normalized spacial score (nSPS) is 13.0. The Morgan fingerprint density at radius 2 is 0.911 bits per heavy atom. The van der Waals surface area contributed by atoms with Crippen LogP contribution in [0.4, 0.5) is 0 Å². The van der Waals surface area contributed by atoms with Crippen molar-refractivity contribution in [2.75, 3.05) is 0 Å². The fraction of sp³-hybridized carbons (Fsp3) is 0.0392. The van der Waals surface area contributed by atoms with Crippen molar-refractivity contribution in [1.82, 2.24) is 19.5 Å². The van der Waals surface area contributed by atoms with Gasteiger partial charge in [0.2, 0.25) is 0 Å². The SMILES string of the molecule is C[Si]1(C)c2c(-c3ccccc3)cccc2-c2ccc3c(-c4nc(-c5ccccc5)nc(-c5ccccc5)n4)cc4c(c5ccccc5n4-c4ccccc4)c3c21. The van der Waals surface area contributed by atoms with E-state index in [1.54, 1.807) is 0 Å². The molecule has 0 bridgehead atoms. The average Bonchev–Trinajstić information content (AvgIpc) is 3.73. The minimum absolute atomic E-state index is 0.655. The molecule has 4 nitrogen and oxygen atoms in total. The van der Waals surface area contributed by atoms with Gasteiger partial charge in [-0.1, -0.05) is 171 Å². The van der Waals surface area contributed by atoms with Crippen LogP contribution in [0, 0.1) is 0 Å². The number of fused-ring (bicyclic) bond motifs is 9. The van der Waals surface area contributed by atoms with Crippen LogP contribution >= 0.6 is 0 Å². The lowest BCUT2D eigenvalue weighted by molar-refractivity contribution is 1.08. The minimum atomic E-state index is -2.36. The van der Waals surface area contributed by atoms with E-state index in [0.717, 1.165) is 33.3 Å². The van der Waals surface area contributed by atoms with Crippen molar-refractivity contribution in [3.63, 3.8) is 0 Å². The molecule has 0 radical (unpaired) electrons. The summed E-state index contributed by atoms with van der Waals surface area (Å²) < 4.78 is 2.43. The standard InChI is InChI=1S/C51H36N4Si/c1-56(2)47-37(33-18-7-3-8-19-33)27-17-28-39(47)40-31-30-38-42(51-53-49(34-20-9-4-10-21-34)52-50(54-51)35-22-11-5-12-23-35)32-44-45(46(38)48(40)56)41-26-15-16-29-43(41)55(44)36-24-13-6-14-25-36/h3-32H,1-2H3. The molecule has 56 heavy (non-hydrogen) atoms. The van der Waals surface area contributed by atoms with Crippen LogP contribution in [0.5, 0.6) is 0 Å². The zero-order valence-corrected chi connectivity index (χ0v) is 32.1. The van der Waals surface area contributed by atoms with E-state index < -0.39 is 8.07 Å². The highest BCUT2D eigenvalue weighted by Gasteiger charge is 2.42. The zero-order valence-electron chi connectivity index (χ0n) is 31.1. The third kappa shape index (κ3) is 4.87. The third-order valence-corrected chi connectivity index (χ3v) is 15.1. The summed E-state index contributed by atoms with van der Waals surface area (Å²) in [5.74, 6) is 1.97. The smallest absolute Gasteiger partial charge is 0.164 e. The van der Waals surface area contributed by atoms with Gasteiger partial charge in [0, 0.05) is 33.2 Å². The van der Waals surface area contributed by atoms with Gasteiger partial charge < -0.3 is 4.57 Å². The van der Waals surface area contributed by atoms with Crippen molar-refractivity contribution >= 4 is 51.0 Å². The molecule has 1 aliphatic rings. The van der Waals surface area contributed by atoms with E-state index in [0.29, 0.717) is 17.5 Å². The van der Waals surface area contributed by atoms with Crippen LogP contribution in [0.25, 0.3) is 94.7 Å². The fourth-order valence-corrected chi connectivity index (χ4v) is 13.1. The lowest BCUT2D eigenvalue weighted by Crippen LogP contribution is -2.50. The van der Waals surface area contributed by atoms with Crippen LogP contribution in [0.15, 0.2) is 182 Å². The molecule has 0 fully saturated rings. The largest absolute Gasteiger partial charge is 0.309 e. The van der Waals surface area contributed by atoms with Crippen molar-refractivity contribution in [3.8, 4) is 62.1 Å². The Hall–Kier alpha value is -6.95. The maximum atomic E-state index is 5.32. The monoisotopic (exact) mass is 732 g/mol. The highest BCUT2D eigenvalue weighted by molar-refractivity contribution is 7.06. The van der Waals surface area contributed by atoms with E-state index in [9.17, 15) is 0 Å². The van der Waals surface area contributed by atoms with Crippen molar-refractivity contribution < 1.29 is 0 Å². The highest BCUT2D eigenvalue weighted by Crippen LogP contribution is 2.45. The molecule has 10 aromatic rings. The number of para-hydroxylation sites is 2. The molecule has 3 heterocycles. The van der Waals surface area contributed by atoms with E-state index in [1.165, 1.54) is 54.3 Å². The topological polar surface area (TPSA) is 43.6 Å². The number of aromatic nitrogens is 4. The van der Waals surface area contributed by atoms with Crippen LogP contribution in [-0.4, -0.2) is 27.6 Å². The molecule has 5 heteroatoms. The summed E-state index contributed by atoms with van der Waals surface area (Å²) >= 11 is 0. The van der Waals surface area contributed by atoms with Crippen LogP contribution in [-0.2, 0) is 0 Å². The maximum absolute atomic E-state index is 5.32. The summed E-state index contributed by atoms with van der Waals surface area (Å²) in [6.07, 6.45) is 0. The molecule has 1 aliphatic heterocycles. The summed E-state index contributed by atoms with van der Waals surface area (Å²) in [6.45, 7) is 5.09. The predicted molar refractivity (Wildman–Crippen MR) is 236 cm³/mol. The zero-order chi connectivity index (χ0) is 37.4. The van der Waals surface area contributed by atoms with Crippen LogP contribution in [0.2, 0.25) is 13.1 Å². The summed E-state index contributed by atoms with van der Waals surface area (Å²) in [5, 5.41) is 7.94. The Morgan fingerprint density at radius 3 is 1.57 bits per heavy atom. The number of hydrogen-bond donors (Lipinski definition) is 0. The van der Waals surface area contributed by atoms with E-state index in [4.69, 9.17) is 15.0 Å². The summed E-state index contributed by atoms with van der Waals surface area (Å²) in [4.78, 5) is 15.7. The molecule has 11 rings (SSSR count). The maximum Gasteiger partial charge on any atom is 0.164 e. The Bertz CT molecular complexity index is 3080. The molecule has 0 spiro atoms. The summed E-state index contributed by atoms with van der Waals surface area (Å²) in [5.41, 5.74) is 11.6. The predicted octanol–water partition coefficient (Wildman–Crippen LogP) is 11.6. The number of benzene rings is 8. The third-order valence-electron chi connectivity index (χ3n) is 11.6. The average molecular weight is 733 g/mol. The molecule has 0 saturated carbocycles. The van der Waals surface area contributed by atoms with E-state index in [2.05, 4.69) is 163 Å². The first-order valence-electron chi connectivity index (χ1n) is 19.2. The number of rotatable bonds is 5. The Balaban J connectivity index is 1.31. The van der Waals surface area contributed by atoms with Gasteiger partial charge in [0.1, 0.15) is 8.07 Å². The Morgan fingerprint density at radius 1 is 0.375 bits per heavy atom. The van der Waals surface area contributed by atoms with Crippen molar-refractivity contribution in [2.45, 2.75) is 13.1 Å². The second-order valence-electron chi connectivity index (χ2n) is 15.2. The fourth-order valence-electron chi connectivity index (χ4n) is 9.24. The van der Waals surface area contributed by atoms with Crippen molar-refractivity contribution in [2.24, 2.45) is 0 Å². The van der Waals surface area contributed by atoms with Gasteiger partial charge in [-0.25, -0.2) is 15.0 Å². The molecule has 264 valence electrons. The highest BCUT2D eigenvalue weighted by atomic mass is 28.3.